The van der Waals surface area contributed by atoms with Gasteiger partial charge in [-0.3, -0.25) is 4.90 Å². The largest absolute Gasteiger partial charge is 0.395 e. The number of hydrogen-bond acceptors (Lipinski definition) is 2. The van der Waals surface area contributed by atoms with E-state index in [9.17, 15) is 9.50 Å². The summed E-state index contributed by atoms with van der Waals surface area (Å²) in [5, 5.41) is 9.21. The van der Waals surface area contributed by atoms with Crippen molar-refractivity contribution in [1.82, 2.24) is 4.90 Å². The lowest BCUT2D eigenvalue weighted by Crippen LogP contribution is -2.31. The first-order valence-corrected chi connectivity index (χ1v) is 6.29. The Balaban J connectivity index is 2.08. The standard InChI is InChI=1S/C12H15BrFNO/c13-12-6-10(14)4-3-9(12)7-15-5-1-2-11(15)8-16/h3-4,6,11,16H,1-2,5,7-8H2/t11-/m0/s1. The zero-order chi connectivity index (χ0) is 11.5. The molecule has 1 fully saturated rings. The fraction of sp³-hybridized carbons (Fsp3) is 0.500. The number of aliphatic hydroxyl groups is 1. The van der Waals surface area contributed by atoms with Gasteiger partial charge in [-0.1, -0.05) is 22.0 Å². The van der Waals surface area contributed by atoms with Crippen molar-refractivity contribution >= 4 is 15.9 Å². The molecule has 1 saturated heterocycles. The number of nitrogens with zero attached hydrogens (tertiary/aromatic N) is 1. The summed E-state index contributed by atoms with van der Waals surface area (Å²) in [7, 11) is 0. The van der Waals surface area contributed by atoms with E-state index in [4.69, 9.17) is 0 Å². The molecule has 88 valence electrons. The highest BCUT2D eigenvalue weighted by molar-refractivity contribution is 9.10. The summed E-state index contributed by atoms with van der Waals surface area (Å²) in [4.78, 5) is 2.25. The second-order valence-corrected chi connectivity index (χ2v) is 5.04. The Morgan fingerprint density at radius 2 is 2.31 bits per heavy atom. The Morgan fingerprint density at radius 3 is 3.00 bits per heavy atom. The molecule has 1 aliphatic heterocycles. The Kier molecular flexibility index (Phi) is 3.95. The van der Waals surface area contributed by atoms with E-state index in [2.05, 4.69) is 20.8 Å². The first-order chi connectivity index (χ1) is 7.70. The van der Waals surface area contributed by atoms with Crippen LogP contribution < -0.4 is 0 Å². The van der Waals surface area contributed by atoms with Crippen molar-refractivity contribution in [3.63, 3.8) is 0 Å². The van der Waals surface area contributed by atoms with Gasteiger partial charge in [-0.25, -0.2) is 4.39 Å². The Morgan fingerprint density at radius 1 is 1.50 bits per heavy atom. The van der Waals surface area contributed by atoms with Crippen LogP contribution in [0.2, 0.25) is 0 Å². The van der Waals surface area contributed by atoms with Gasteiger partial charge in [0.05, 0.1) is 6.61 Å². The molecule has 0 spiro atoms. The third-order valence-electron chi connectivity index (χ3n) is 3.10. The van der Waals surface area contributed by atoms with Crippen LogP contribution in [0.1, 0.15) is 18.4 Å². The number of rotatable bonds is 3. The predicted octanol–water partition coefficient (Wildman–Crippen LogP) is 2.54. The van der Waals surface area contributed by atoms with E-state index in [1.165, 1.54) is 12.1 Å². The van der Waals surface area contributed by atoms with Crippen LogP contribution in [0.15, 0.2) is 22.7 Å². The van der Waals surface area contributed by atoms with Crippen molar-refractivity contribution in [3.05, 3.63) is 34.1 Å². The number of likely N-dealkylation sites (tertiary alicyclic amines) is 1. The van der Waals surface area contributed by atoms with Crippen LogP contribution in [0.5, 0.6) is 0 Å². The van der Waals surface area contributed by atoms with E-state index in [0.717, 1.165) is 36.0 Å². The second-order valence-electron chi connectivity index (χ2n) is 4.18. The lowest BCUT2D eigenvalue weighted by Gasteiger charge is -2.23. The SMILES string of the molecule is OC[C@@H]1CCCN1Cc1ccc(F)cc1Br. The fourth-order valence-electron chi connectivity index (χ4n) is 2.18. The summed E-state index contributed by atoms with van der Waals surface area (Å²) >= 11 is 3.37. The molecule has 1 N–H and O–H groups in total. The average Bonchev–Trinajstić information content (AvgIpc) is 2.69. The van der Waals surface area contributed by atoms with Gasteiger partial charge in [0.15, 0.2) is 0 Å². The van der Waals surface area contributed by atoms with Crippen molar-refractivity contribution in [2.45, 2.75) is 25.4 Å². The van der Waals surface area contributed by atoms with Crippen LogP contribution in [0, 0.1) is 5.82 Å². The van der Waals surface area contributed by atoms with Gasteiger partial charge in [0.2, 0.25) is 0 Å². The molecule has 1 heterocycles. The molecule has 0 amide bonds. The van der Waals surface area contributed by atoms with Crippen LogP contribution >= 0.6 is 15.9 Å². The van der Waals surface area contributed by atoms with Gasteiger partial charge in [-0.05, 0) is 37.1 Å². The summed E-state index contributed by atoms with van der Waals surface area (Å²) < 4.78 is 13.7. The molecule has 0 radical (unpaired) electrons. The van der Waals surface area contributed by atoms with Crippen LogP contribution in [0.4, 0.5) is 4.39 Å². The lowest BCUT2D eigenvalue weighted by atomic mass is 10.2. The molecule has 1 aromatic rings. The van der Waals surface area contributed by atoms with E-state index in [1.54, 1.807) is 6.07 Å². The molecule has 4 heteroatoms. The summed E-state index contributed by atoms with van der Waals surface area (Å²) in [5.41, 5.74) is 1.07. The summed E-state index contributed by atoms with van der Waals surface area (Å²) in [6.45, 7) is 1.99. The minimum atomic E-state index is -0.226. The highest BCUT2D eigenvalue weighted by atomic mass is 79.9. The molecule has 2 nitrogen and oxygen atoms in total. The van der Waals surface area contributed by atoms with E-state index in [0.29, 0.717) is 0 Å². The highest BCUT2D eigenvalue weighted by Crippen LogP contribution is 2.24. The summed E-state index contributed by atoms with van der Waals surface area (Å²) in [5.74, 6) is -0.226. The van der Waals surface area contributed by atoms with Crippen molar-refractivity contribution in [1.29, 1.82) is 0 Å². The molecule has 0 aromatic heterocycles. The molecule has 0 aliphatic carbocycles. The zero-order valence-corrected chi connectivity index (χ0v) is 10.6. The van der Waals surface area contributed by atoms with Crippen molar-refractivity contribution in [2.75, 3.05) is 13.2 Å². The molecule has 1 atom stereocenters. The third kappa shape index (κ3) is 2.62. The quantitative estimate of drug-likeness (QED) is 0.924. The minimum absolute atomic E-state index is 0.207. The number of halogens is 2. The van der Waals surface area contributed by atoms with Crippen LogP contribution in [-0.2, 0) is 6.54 Å². The topological polar surface area (TPSA) is 23.5 Å². The Labute approximate surface area is 103 Å². The number of benzene rings is 1. The van der Waals surface area contributed by atoms with Gasteiger partial charge in [-0.15, -0.1) is 0 Å². The molecule has 0 unspecified atom stereocenters. The van der Waals surface area contributed by atoms with E-state index >= 15 is 0 Å². The predicted molar refractivity (Wildman–Crippen MR) is 64.6 cm³/mol. The molecule has 1 aromatic carbocycles. The smallest absolute Gasteiger partial charge is 0.124 e. The zero-order valence-electron chi connectivity index (χ0n) is 9.00. The fourth-order valence-corrected chi connectivity index (χ4v) is 2.66. The molecule has 2 rings (SSSR count). The van der Waals surface area contributed by atoms with Crippen LogP contribution in [-0.4, -0.2) is 29.2 Å². The van der Waals surface area contributed by atoms with Gasteiger partial charge in [0.1, 0.15) is 5.82 Å². The Bertz CT molecular complexity index is 372. The van der Waals surface area contributed by atoms with Crippen LogP contribution in [0.25, 0.3) is 0 Å². The van der Waals surface area contributed by atoms with Gasteiger partial charge in [-0.2, -0.15) is 0 Å². The molecule has 0 bridgehead atoms. The van der Waals surface area contributed by atoms with Gasteiger partial charge < -0.3 is 5.11 Å². The molecular weight excluding hydrogens is 273 g/mol. The average molecular weight is 288 g/mol. The van der Waals surface area contributed by atoms with E-state index in [1.807, 2.05) is 0 Å². The summed E-state index contributed by atoms with van der Waals surface area (Å²) in [6.07, 6.45) is 2.18. The number of hydrogen-bond donors (Lipinski definition) is 1. The normalized spacial score (nSPS) is 21.6. The lowest BCUT2D eigenvalue weighted by molar-refractivity contribution is 0.153. The summed E-state index contributed by atoms with van der Waals surface area (Å²) in [6, 6.07) is 5.02. The first kappa shape index (κ1) is 12.0. The van der Waals surface area contributed by atoms with Gasteiger partial charge >= 0.3 is 0 Å². The van der Waals surface area contributed by atoms with Gasteiger partial charge in [0, 0.05) is 17.1 Å². The maximum absolute atomic E-state index is 12.9. The van der Waals surface area contributed by atoms with Crippen LogP contribution in [0.3, 0.4) is 0 Å². The highest BCUT2D eigenvalue weighted by Gasteiger charge is 2.23. The monoisotopic (exact) mass is 287 g/mol. The minimum Gasteiger partial charge on any atom is -0.395 e. The second kappa shape index (κ2) is 5.25. The number of aliphatic hydroxyl groups excluding tert-OH is 1. The Hall–Kier alpha value is -0.450. The van der Waals surface area contributed by atoms with E-state index in [-0.39, 0.29) is 18.5 Å². The third-order valence-corrected chi connectivity index (χ3v) is 3.84. The first-order valence-electron chi connectivity index (χ1n) is 5.49. The van der Waals surface area contributed by atoms with Gasteiger partial charge in [0.25, 0.3) is 0 Å². The molecule has 0 saturated carbocycles. The van der Waals surface area contributed by atoms with Crippen molar-refractivity contribution < 1.29 is 9.50 Å². The van der Waals surface area contributed by atoms with Crippen molar-refractivity contribution in [2.24, 2.45) is 0 Å². The van der Waals surface area contributed by atoms with E-state index < -0.39 is 0 Å². The molecule has 1 aliphatic rings. The molecular formula is C12H15BrFNO. The maximum atomic E-state index is 12.9. The maximum Gasteiger partial charge on any atom is 0.124 e. The van der Waals surface area contributed by atoms with Crippen molar-refractivity contribution in [3.8, 4) is 0 Å². The molecule has 16 heavy (non-hydrogen) atoms.